The summed E-state index contributed by atoms with van der Waals surface area (Å²) in [5.74, 6) is -0.461. The van der Waals surface area contributed by atoms with E-state index in [1.165, 1.54) is 18.2 Å². The van der Waals surface area contributed by atoms with Gasteiger partial charge in [0.2, 0.25) is 5.91 Å². The standard InChI is InChI=1S/C15H12Cl2F2N2O2/c16-9-5-6-10(17)12(7-9)21-14(22)8-20-11-3-1-2-4-13(11)23-15(18)19/h1-7,15,20H,8H2,(H,21,22). The number of halogens is 4. The van der Waals surface area contributed by atoms with E-state index in [4.69, 9.17) is 23.2 Å². The average molecular weight is 361 g/mol. The molecule has 0 bridgehead atoms. The molecule has 2 aromatic rings. The van der Waals surface area contributed by atoms with E-state index in [0.717, 1.165) is 0 Å². The lowest BCUT2D eigenvalue weighted by molar-refractivity contribution is -0.114. The third-order valence-electron chi connectivity index (χ3n) is 2.75. The highest BCUT2D eigenvalue weighted by atomic mass is 35.5. The molecule has 2 N–H and O–H groups in total. The van der Waals surface area contributed by atoms with E-state index in [-0.39, 0.29) is 18.0 Å². The topological polar surface area (TPSA) is 50.4 Å². The highest BCUT2D eigenvalue weighted by Gasteiger charge is 2.11. The zero-order chi connectivity index (χ0) is 16.8. The third-order valence-corrected chi connectivity index (χ3v) is 3.31. The Morgan fingerprint density at radius 2 is 1.87 bits per heavy atom. The van der Waals surface area contributed by atoms with Gasteiger partial charge in [-0.05, 0) is 30.3 Å². The summed E-state index contributed by atoms with van der Waals surface area (Å²) in [5.41, 5.74) is 0.642. The lowest BCUT2D eigenvalue weighted by atomic mass is 10.3. The first kappa shape index (κ1) is 17.3. The van der Waals surface area contributed by atoms with Crippen LogP contribution < -0.4 is 15.4 Å². The van der Waals surface area contributed by atoms with Crippen molar-refractivity contribution in [2.24, 2.45) is 0 Å². The molecule has 0 fully saturated rings. The van der Waals surface area contributed by atoms with E-state index in [1.807, 2.05) is 0 Å². The normalized spacial score (nSPS) is 10.5. The number of alkyl halides is 2. The van der Waals surface area contributed by atoms with Gasteiger partial charge in [0.05, 0.1) is 22.9 Å². The smallest absolute Gasteiger partial charge is 0.387 e. The lowest BCUT2D eigenvalue weighted by Gasteiger charge is -2.13. The Balaban J connectivity index is 1.98. The predicted octanol–water partition coefficient (Wildman–Crippen LogP) is 4.65. The van der Waals surface area contributed by atoms with E-state index < -0.39 is 12.5 Å². The number of carbonyl (C=O) groups excluding carboxylic acids is 1. The van der Waals surface area contributed by atoms with Gasteiger partial charge in [-0.2, -0.15) is 8.78 Å². The minimum Gasteiger partial charge on any atom is -0.433 e. The minimum absolute atomic E-state index is 0.0453. The van der Waals surface area contributed by atoms with Crippen molar-refractivity contribution >= 4 is 40.5 Å². The monoisotopic (exact) mass is 360 g/mol. The van der Waals surface area contributed by atoms with Crippen molar-refractivity contribution in [3.63, 3.8) is 0 Å². The summed E-state index contributed by atoms with van der Waals surface area (Å²) in [4.78, 5) is 11.9. The number of nitrogens with one attached hydrogen (secondary N) is 2. The maximum absolute atomic E-state index is 12.3. The highest BCUT2D eigenvalue weighted by molar-refractivity contribution is 6.35. The predicted molar refractivity (Wildman–Crippen MR) is 86.7 cm³/mol. The molecule has 0 spiro atoms. The minimum atomic E-state index is -2.95. The van der Waals surface area contributed by atoms with Crippen LogP contribution in [0.3, 0.4) is 0 Å². The largest absolute Gasteiger partial charge is 0.433 e. The Labute approximate surface area is 141 Å². The van der Waals surface area contributed by atoms with Crippen LogP contribution in [0, 0.1) is 0 Å². The summed E-state index contributed by atoms with van der Waals surface area (Å²) in [6.45, 7) is -3.11. The van der Waals surface area contributed by atoms with Gasteiger partial charge in [-0.3, -0.25) is 4.79 Å². The molecular weight excluding hydrogens is 349 g/mol. The maximum atomic E-state index is 12.3. The number of rotatable bonds is 6. The fraction of sp³-hybridized carbons (Fsp3) is 0.133. The molecule has 0 aliphatic rings. The molecule has 0 saturated heterocycles. The molecule has 0 aromatic heterocycles. The van der Waals surface area contributed by atoms with Crippen LogP contribution in [0.2, 0.25) is 10.0 Å². The Bertz CT molecular complexity index is 699. The van der Waals surface area contributed by atoms with E-state index in [1.54, 1.807) is 24.3 Å². The van der Waals surface area contributed by atoms with Crippen molar-refractivity contribution in [2.45, 2.75) is 6.61 Å². The number of benzene rings is 2. The van der Waals surface area contributed by atoms with E-state index in [0.29, 0.717) is 15.7 Å². The molecule has 1 amide bonds. The molecule has 0 saturated carbocycles. The van der Waals surface area contributed by atoms with Crippen LogP contribution in [0.25, 0.3) is 0 Å². The lowest BCUT2D eigenvalue weighted by Crippen LogP contribution is -2.22. The summed E-state index contributed by atoms with van der Waals surface area (Å²) >= 11 is 11.8. The van der Waals surface area contributed by atoms with Crippen molar-refractivity contribution in [1.82, 2.24) is 0 Å². The molecule has 0 unspecified atom stereocenters. The highest BCUT2D eigenvalue weighted by Crippen LogP contribution is 2.26. The Morgan fingerprint density at radius 1 is 1.13 bits per heavy atom. The van der Waals surface area contributed by atoms with Crippen LogP contribution in [-0.2, 0) is 4.79 Å². The molecule has 0 atom stereocenters. The summed E-state index contributed by atoms with van der Waals surface area (Å²) in [6.07, 6.45) is 0. The van der Waals surface area contributed by atoms with Crippen molar-refractivity contribution in [3.8, 4) is 5.75 Å². The zero-order valence-corrected chi connectivity index (χ0v) is 13.2. The fourth-order valence-electron chi connectivity index (χ4n) is 1.77. The number of hydrogen-bond donors (Lipinski definition) is 2. The zero-order valence-electron chi connectivity index (χ0n) is 11.7. The maximum Gasteiger partial charge on any atom is 0.387 e. The Morgan fingerprint density at radius 3 is 2.61 bits per heavy atom. The summed E-state index contributed by atoms with van der Waals surface area (Å²) in [5, 5.41) is 6.06. The molecule has 122 valence electrons. The van der Waals surface area contributed by atoms with E-state index in [2.05, 4.69) is 15.4 Å². The van der Waals surface area contributed by atoms with Crippen LogP contribution in [-0.4, -0.2) is 19.1 Å². The van der Waals surface area contributed by atoms with Gasteiger partial charge >= 0.3 is 6.61 Å². The van der Waals surface area contributed by atoms with Crippen molar-refractivity contribution < 1.29 is 18.3 Å². The van der Waals surface area contributed by atoms with E-state index in [9.17, 15) is 13.6 Å². The third kappa shape index (κ3) is 5.26. The van der Waals surface area contributed by atoms with Crippen molar-refractivity contribution in [3.05, 3.63) is 52.5 Å². The van der Waals surface area contributed by atoms with Crippen LogP contribution >= 0.6 is 23.2 Å². The molecule has 23 heavy (non-hydrogen) atoms. The van der Waals surface area contributed by atoms with Gasteiger partial charge in [0, 0.05) is 5.02 Å². The fourth-order valence-corrected chi connectivity index (χ4v) is 2.11. The van der Waals surface area contributed by atoms with Gasteiger partial charge < -0.3 is 15.4 Å². The molecule has 2 aromatic carbocycles. The van der Waals surface area contributed by atoms with E-state index >= 15 is 0 Å². The second-order valence-electron chi connectivity index (χ2n) is 4.40. The molecule has 2 rings (SSSR count). The molecular formula is C15H12Cl2F2N2O2. The van der Waals surface area contributed by atoms with Crippen molar-refractivity contribution in [2.75, 3.05) is 17.2 Å². The van der Waals surface area contributed by atoms with Gasteiger partial charge in [-0.1, -0.05) is 35.3 Å². The van der Waals surface area contributed by atoms with Crippen molar-refractivity contribution in [1.29, 1.82) is 0 Å². The van der Waals surface area contributed by atoms with Crippen LogP contribution in [0.1, 0.15) is 0 Å². The second-order valence-corrected chi connectivity index (χ2v) is 5.24. The summed E-state index contributed by atoms with van der Waals surface area (Å²) < 4.78 is 29.0. The Kier molecular flexibility index (Phi) is 6.01. The number of carbonyl (C=O) groups is 1. The number of hydrogen-bond acceptors (Lipinski definition) is 3. The SMILES string of the molecule is O=C(CNc1ccccc1OC(F)F)Nc1cc(Cl)ccc1Cl. The number of para-hydroxylation sites is 2. The molecule has 8 heteroatoms. The quantitative estimate of drug-likeness (QED) is 0.788. The molecule has 0 aliphatic heterocycles. The summed E-state index contributed by atoms with van der Waals surface area (Å²) in [7, 11) is 0. The van der Waals surface area contributed by atoms with Gasteiger partial charge in [0.1, 0.15) is 5.75 Å². The van der Waals surface area contributed by atoms with Gasteiger partial charge in [-0.25, -0.2) is 0 Å². The molecule has 4 nitrogen and oxygen atoms in total. The van der Waals surface area contributed by atoms with Gasteiger partial charge in [0.25, 0.3) is 0 Å². The molecule has 0 aliphatic carbocycles. The van der Waals surface area contributed by atoms with Gasteiger partial charge in [0.15, 0.2) is 0 Å². The van der Waals surface area contributed by atoms with Crippen LogP contribution in [0.15, 0.2) is 42.5 Å². The number of anilines is 2. The molecule has 0 heterocycles. The molecule has 0 radical (unpaired) electrons. The first-order valence-electron chi connectivity index (χ1n) is 6.48. The number of amides is 1. The average Bonchev–Trinajstić information content (AvgIpc) is 2.49. The second kappa shape index (κ2) is 7.99. The Hall–Kier alpha value is -2.05. The van der Waals surface area contributed by atoms with Crippen LogP contribution in [0.4, 0.5) is 20.2 Å². The van der Waals surface area contributed by atoms with Crippen LogP contribution in [0.5, 0.6) is 5.75 Å². The summed E-state index contributed by atoms with van der Waals surface area (Å²) in [6, 6.07) is 10.7. The first-order chi connectivity index (χ1) is 11.0. The number of ether oxygens (including phenoxy) is 1. The van der Waals surface area contributed by atoms with Gasteiger partial charge in [-0.15, -0.1) is 0 Å². The first-order valence-corrected chi connectivity index (χ1v) is 7.24.